The van der Waals surface area contributed by atoms with Crippen molar-refractivity contribution < 1.29 is 13.9 Å². The maximum atomic E-state index is 13.7. The van der Waals surface area contributed by atoms with Crippen LogP contribution in [0.15, 0.2) is 18.2 Å². The molecule has 1 N–H and O–H groups in total. The van der Waals surface area contributed by atoms with Gasteiger partial charge in [0.1, 0.15) is 0 Å². The van der Waals surface area contributed by atoms with E-state index in [1.54, 1.807) is 24.9 Å². The fraction of sp³-hybridized carbons (Fsp3) is 0.500. The van der Waals surface area contributed by atoms with E-state index in [1.807, 2.05) is 0 Å². The average Bonchev–Trinajstić information content (AvgIpc) is 2.93. The molecule has 1 aromatic carbocycles. The zero-order valence-corrected chi connectivity index (χ0v) is 11.3. The Morgan fingerprint density at radius 2 is 2.37 bits per heavy atom. The summed E-state index contributed by atoms with van der Waals surface area (Å²) in [5.41, 5.74) is 0.288. The van der Waals surface area contributed by atoms with E-state index >= 15 is 0 Å². The van der Waals surface area contributed by atoms with Gasteiger partial charge in [-0.2, -0.15) is 0 Å². The van der Waals surface area contributed by atoms with Crippen LogP contribution >= 0.6 is 0 Å². The van der Waals surface area contributed by atoms with Crippen molar-refractivity contribution in [1.82, 2.24) is 10.2 Å². The fourth-order valence-electron chi connectivity index (χ4n) is 2.29. The molecule has 1 aliphatic rings. The standard InChI is InChI=1S/C14H19FN2O2/c1-3-19-13-11(5-4-6-12(13)15)14(18)17(2)10-7-8-16-9-10/h4-6,10,16H,3,7-9H2,1-2H3/t10-/m1/s1. The molecule has 0 saturated carbocycles. The maximum Gasteiger partial charge on any atom is 0.257 e. The van der Waals surface area contributed by atoms with Crippen molar-refractivity contribution in [2.75, 3.05) is 26.7 Å². The number of nitrogens with one attached hydrogen (secondary N) is 1. The lowest BCUT2D eigenvalue weighted by atomic mass is 10.1. The first-order valence-corrected chi connectivity index (χ1v) is 6.54. The van der Waals surface area contributed by atoms with E-state index in [0.29, 0.717) is 6.61 Å². The summed E-state index contributed by atoms with van der Waals surface area (Å²) in [6.45, 7) is 3.78. The Morgan fingerprint density at radius 3 is 3.00 bits per heavy atom. The highest BCUT2D eigenvalue weighted by Gasteiger charge is 2.26. The van der Waals surface area contributed by atoms with E-state index in [0.717, 1.165) is 19.5 Å². The van der Waals surface area contributed by atoms with Gasteiger partial charge >= 0.3 is 0 Å². The number of benzene rings is 1. The molecule has 1 fully saturated rings. The molecule has 2 rings (SSSR count). The van der Waals surface area contributed by atoms with Gasteiger partial charge < -0.3 is 15.0 Å². The highest BCUT2D eigenvalue weighted by atomic mass is 19.1. The van der Waals surface area contributed by atoms with Crippen LogP contribution in [0.25, 0.3) is 0 Å². The van der Waals surface area contributed by atoms with Crippen LogP contribution in [0.3, 0.4) is 0 Å². The number of hydrogen-bond donors (Lipinski definition) is 1. The molecular formula is C14H19FN2O2. The molecule has 0 aliphatic carbocycles. The summed E-state index contributed by atoms with van der Waals surface area (Å²) >= 11 is 0. The number of para-hydroxylation sites is 1. The van der Waals surface area contributed by atoms with Crippen LogP contribution in [0.1, 0.15) is 23.7 Å². The first-order chi connectivity index (χ1) is 9.15. The smallest absolute Gasteiger partial charge is 0.257 e. The van der Waals surface area contributed by atoms with Crippen molar-refractivity contribution in [2.24, 2.45) is 0 Å². The Bertz CT molecular complexity index is 459. The van der Waals surface area contributed by atoms with Crippen LogP contribution in [0.4, 0.5) is 4.39 Å². The molecule has 19 heavy (non-hydrogen) atoms. The molecule has 1 heterocycles. The van der Waals surface area contributed by atoms with Gasteiger partial charge in [-0.05, 0) is 32.0 Å². The second-order valence-corrected chi connectivity index (χ2v) is 4.61. The molecule has 0 aromatic heterocycles. The molecule has 104 valence electrons. The highest BCUT2D eigenvalue weighted by Crippen LogP contribution is 2.25. The van der Waals surface area contributed by atoms with Crippen LogP contribution in [-0.2, 0) is 0 Å². The predicted molar refractivity (Wildman–Crippen MR) is 70.9 cm³/mol. The topological polar surface area (TPSA) is 41.6 Å². The lowest BCUT2D eigenvalue weighted by Gasteiger charge is -2.24. The quantitative estimate of drug-likeness (QED) is 0.901. The first-order valence-electron chi connectivity index (χ1n) is 6.54. The zero-order chi connectivity index (χ0) is 13.8. The number of hydrogen-bond acceptors (Lipinski definition) is 3. The van der Waals surface area contributed by atoms with E-state index in [4.69, 9.17) is 4.74 Å². The Kier molecular flexibility index (Phi) is 4.37. The summed E-state index contributed by atoms with van der Waals surface area (Å²) in [5, 5.41) is 3.21. The molecule has 5 heteroatoms. The molecule has 1 amide bonds. The van der Waals surface area contributed by atoms with Gasteiger partial charge in [-0.25, -0.2) is 4.39 Å². The Hall–Kier alpha value is -1.62. The molecule has 0 radical (unpaired) electrons. The SMILES string of the molecule is CCOc1c(F)cccc1C(=O)N(C)[C@@H]1CCNC1. The minimum atomic E-state index is -0.495. The summed E-state index contributed by atoms with van der Waals surface area (Å²) in [5.74, 6) is -0.643. The number of carbonyl (C=O) groups excluding carboxylic acids is 1. The van der Waals surface area contributed by atoms with Crippen molar-refractivity contribution in [2.45, 2.75) is 19.4 Å². The summed E-state index contributed by atoms with van der Waals surface area (Å²) in [6.07, 6.45) is 0.918. The normalized spacial score (nSPS) is 18.4. The number of likely N-dealkylation sites (N-methyl/N-ethyl adjacent to an activating group) is 1. The molecular weight excluding hydrogens is 247 g/mol. The Balaban J connectivity index is 2.24. The molecule has 1 aliphatic heterocycles. The van der Waals surface area contributed by atoms with Crippen LogP contribution < -0.4 is 10.1 Å². The highest BCUT2D eigenvalue weighted by molar-refractivity contribution is 5.97. The monoisotopic (exact) mass is 266 g/mol. The maximum absolute atomic E-state index is 13.7. The average molecular weight is 266 g/mol. The van der Waals surface area contributed by atoms with Crippen LogP contribution in [0.5, 0.6) is 5.75 Å². The minimum absolute atomic E-state index is 0.0489. The van der Waals surface area contributed by atoms with Gasteiger partial charge in [-0.1, -0.05) is 6.07 Å². The molecule has 0 bridgehead atoms. The van der Waals surface area contributed by atoms with Gasteiger partial charge in [0.2, 0.25) is 0 Å². The molecule has 1 atom stereocenters. The van der Waals surface area contributed by atoms with E-state index < -0.39 is 5.82 Å². The van der Waals surface area contributed by atoms with Crippen LogP contribution in [-0.4, -0.2) is 43.6 Å². The second-order valence-electron chi connectivity index (χ2n) is 4.61. The minimum Gasteiger partial charge on any atom is -0.490 e. The second kappa shape index (κ2) is 6.02. The largest absolute Gasteiger partial charge is 0.490 e. The van der Waals surface area contributed by atoms with Crippen molar-refractivity contribution in [3.05, 3.63) is 29.6 Å². The van der Waals surface area contributed by atoms with Crippen molar-refractivity contribution in [1.29, 1.82) is 0 Å². The van der Waals surface area contributed by atoms with Gasteiger partial charge in [-0.3, -0.25) is 4.79 Å². The number of amides is 1. The van der Waals surface area contributed by atoms with Crippen molar-refractivity contribution in [3.63, 3.8) is 0 Å². The number of nitrogens with zero attached hydrogens (tertiary/aromatic N) is 1. The number of halogens is 1. The molecule has 1 aromatic rings. The van der Waals surface area contributed by atoms with E-state index in [9.17, 15) is 9.18 Å². The lowest BCUT2D eigenvalue weighted by molar-refractivity contribution is 0.0738. The first kappa shape index (κ1) is 13.8. The number of ether oxygens (including phenoxy) is 1. The summed E-state index contributed by atoms with van der Waals surface area (Å²) in [6, 6.07) is 4.60. The molecule has 0 spiro atoms. The zero-order valence-electron chi connectivity index (χ0n) is 11.3. The predicted octanol–water partition coefficient (Wildman–Crippen LogP) is 1.66. The third kappa shape index (κ3) is 2.87. The molecule has 1 saturated heterocycles. The van der Waals surface area contributed by atoms with E-state index in [2.05, 4.69) is 5.32 Å². The Labute approximate surface area is 112 Å². The van der Waals surface area contributed by atoms with Crippen LogP contribution in [0, 0.1) is 5.82 Å². The third-order valence-corrected chi connectivity index (χ3v) is 3.39. The van der Waals surface area contributed by atoms with Crippen LogP contribution in [0.2, 0.25) is 0 Å². The summed E-state index contributed by atoms with van der Waals surface area (Å²) in [7, 11) is 1.75. The van der Waals surface area contributed by atoms with E-state index in [-0.39, 0.29) is 23.3 Å². The summed E-state index contributed by atoms with van der Waals surface area (Å²) < 4.78 is 19.0. The van der Waals surface area contributed by atoms with Crippen molar-refractivity contribution in [3.8, 4) is 5.75 Å². The van der Waals surface area contributed by atoms with Gasteiger partial charge in [0.15, 0.2) is 11.6 Å². The van der Waals surface area contributed by atoms with Gasteiger partial charge in [0.05, 0.1) is 12.2 Å². The van der Waals surface area contributed by atoms with E-state index in [1.165, 1.54) is 12.1 Å². The summed E-state index contributed by atoms with van der Waals surface area (Å²) in [4.78, 5) is 14.1. The number of carbonyl (C=O) groups is 1. The van der Waals surface area contributed by atoms with Crippen molar-refractivity contribution >= 4 is 5.91 Å². The fourth-order valence-corrected chi connectivity index (χ4v) is 2.29. The molecule has 0 unspecified atom stereocenters. The number of rotatable bonds is 4. The molecule has 4 nitrogen and oxygen atoms in total. The van der Waals surface area contributed by atoms with Gasteiger partial charge in [0, 0.05) is 19.6 Å². The third-order valence-electron chi connectivity index (χ3n) is 3.39. The lowest BCUT2D eigenvalue weighted by Crippen LogP contribution is -2.38. The van der Waals surface area contributed by atoms with Gasteiger partial charge in [-0.15, -0.1) is 0 Å². The Morgan fingerprint density at radius 1 is 1.58 bits per heavy atom. The van der Waals surface area contributed by atoms with Gasteiger partial charge in [0.25, 0.3) is 5.91 Å².